The summed E-state index contributed by atoms with van der Waals surface area (Å²) in [6.45, 7) is 1.86. The molecule has 7 nitrogen and oxygen atoms in total. The van der Waals surface area contributed by atoms with E-state index in [4.69, 9.17) is 11.6 Å². The van der Waals surface area contributed by atoms with Gasteiger partial charge in [-0.05, 0) is 13.0 Å². The van der Waals surface area contributed by atoms with E-state index in [0.29, 0.717) is 16.8 Å². The van der Waals surface area contributed by atoms with E-state index in [0.717, 1.165) is 0 Å². The summed E-state index contributed by atoms with van der Waals surface area (Å²) in [6, 6.07) is 2.89. The number of hydrogen-bond donors (Lipinski definition) is 2. The fourth-order valence-corrected chi connectivity index (χ4v) is 2.16. The van der Waals surface area contributed by atoms with Crippen molar-refractivity contribution in [3.63, 3.8) is 0 Å². The van der Waals surface area contributed by atoms with Crippen molar-refractivity contribution in [1.82, 2.24) is 9.78 Å². The molecule has 2 aromatic rings. The minimum atomic E-state index is -0.745. The summed E-state index contributed by atoms with van der Waals surface area (Å²) in [5, 5.41) is 28.1. The molecule has 21 heavy (non-hydrogen) atoms. The molecule has 0 unspecified atom stereocenters. The third-order valence-electron chi connectivity index (χ3n) is 3.08. The minimum absolute atomic E-state index is 0.0293. The maximum absolute atomic E-state index is 10.8. The highest BCUT2D eigenvalue weighted by molar-refractivity contribution is 6.33. The van der Waals surface area contributed by atoms with Crippen LogP contribution in [0.5, 0.6) is 0 Å². The average Bonchev–Trinajstić information content (AvgIpc) is 2.85. The van der Waals surface area contributed by atoms with Crippen molar-refractivity contribution in [1.29, 1.82) is 0 Å². The van der Waals surface area contributed by atoms with Gasteiger partial charge in [0.1, 0.15) is 0 Å². The Labute approximate surface area is 126 Å². The van der Waals surface area contributed by atoms with Gasteiger partial charge in [-0.2, -0.15) is 5.10 Å². The first kappa shape index (κ1) is 15.3. The predicted molar refractivity (Wildman–Crippen MR) is 79.5 cm³/mol. The van der Waals surface area contributed by atoms with Crippen LogP contribution in [0.3, 0.4) is 0 Å². The molecule has 8 heteroatoms. The SMILES string of the molecule is Cc1cc(NC[C@@H](O)c2cnn(C)c2)c(Cl)cc1[N+](=O)[O-]. The zero-order valence-corrected chi connectivity index (χ0v) is 12.3. The van der Waals surface area contributed by atoms with E-state index in [1.807, 2.05) is 0 Å². The number of benzene rings is 1. The Morgan fingerprint density at radius 3 is 2.86 bits per heavy atom. The Hall–Kier alpha value is -2.12. The van der Waals surface area contributed by atoms with Gasteiger partial charge in [0.15, 0.2) is 0 Å². The molecular weight excluding hydrogens is 296 g/mol. The highest BCUT2D eigenvalue weighted by Gasteiger charge is 2.15. The van der Waals surface area contributed by atoms with Crippen molar-refractivity contribution >= 4 is 23.0 Å². The zero-order chi connectivity index (χ0) is 15.6. The van der Waals surface area contributed by atoms with Crippen LogP contribution in [0, 0.1) is 17.0 Å². The molecule has 0 amide bonds. The number of nitro groups is 1. The summed E-state index contributed by atoms with van der Waals surface area (Å²) < 4.78 is 1.60. The van der Waals surface area contributed by atoms with Crippen LogP contribution in [0.15, 0.2) is 24.5 Å². The van der Waals surface area contributed by atoms with Crippen LogP contribution in [0.2, 0.25) is 5.02 Å². The number of aliphatic hydroxyl groups is 1. The van der Waals surface area contributed by atoms with Gasteiger partial charge in [0.05, 0.1) is 27.9 Å². The second-order valence-corrected chi connectivity index (χ2v) is 5.13. The molecule has 0 bridgehead atoms. The van der Waals surface area contributed by atoms with E-state index in [-0.39, 0.29) is 17.3 Å². The lowest BCUT2D eigenvalue weighted by atomic mass is 10.1. The Morgan fingerprint density at radius 1 is 1.57 bits per heavy atom. The molecule has 0 saturated heterocycles. The molecule has 0 saturated carbocycles. The first-order chi connectivity index (χ1) is 9.88. The number of halogens is 1. The molecule has 1 aromatic heterocycles. The van der Waals surface area contributed by atoms with Crippen molar-refractivity contribution in [3.05, 3.63) is 50.8 Å². The van der Waals surface area contributed by atoms with E-state index in [2.05, 4.69) is 10.4 Å². The Balaban J connectivity index is 2.10. The third kappa shape index (κ3) is 3.50. The van der Waals surface area contributed by atoms with E-state index < -0.39 is 11.0 Å². The monoisotopic (exact) mass is 310 g/mol. The quantitative estimate of drug-likeness (QED) is 0.653. The van der Waals surface area contributed by atoms with Crippen molar-refractivity contribution in [3.8, 4) is 0 Å². The number of rotatable bonds is 5. The maximum Gasteiger partial charge on any atom is 0.273 e. The van der Waals surface area contributed by atoms with E-state index >= 15 is 0 Å². The third-order valence-corrected chi connectivity index (χ3v) is 3.39. The minimum Gasteiger partial charge on any atom is -0.386 e. The van der Waals surface area contributed by atoms with E-state index in [9.17, 15) is 15.2 Å². The number of aliphatic hydroxyl groups excluding tert-OH is 1. The summed E-state index contributed by atoms with van der Waals surface area (Å²) in [4.78, 5) is 10.3. The largest absolute Gasteiger partial charge is 0.386 e. The topological polar surface area (TPSA) is 93.2 Å². The van der Waals surface area contributed by atoms with E-state index in [1.165, 1.54) is 6.07 Å². The number of aryl methyl sites for hydroxylation is 2. The zero-order valence-electron chi connectivity index (χ0n) is 11.6. The van der Waals surface area contributed by atoms with Gasteiger partial charge in [-0.25, -0.2) is 0 Å². The summed E-state index contributed by atoms with van der Waals surface area (Å²) in [7, 11) is 1.76. The average molecular weight is 311 g/mol. The van der Waals surface area contributed by atoms with Gasteiger partial charge in [-0.1, -0.05) is 11.6 Å². The van der Waals surface area contributed by atoms with Gasteiger partial charge in [0.2, 0.25) is 0 Å². The Bertz CT molecular complexity index is 671. The molecule has 112 valence electrons. The lowest BCUT2D eigenvalue weighted by Crippen LogP contribution is -2.12. The van der Waals surface area contributed by atoms with Crippen LogP contribution in [0.25, 0.3) is 0 Å². The van der Waals surface area contributed by atoms with Crippen LogP contribution in [-0.2, 0) is 7.05 Å². The molecule has 2 N–H and O–H groups in total. The smallest absolute Gasteiger partial charge is 0.273 e. The summed E-state index contributed by atoms with van der Waals surface area (Å²) in [5.74, 6) is 0. The normalized spacial score (nSPS) is 12.2. The van der Waals surface area contributed by atoms with Gasteiger partial charge in [-0.3, -0.25) is 14.8 Å². The standard InChI is InChI=1S/C13H15ClN4O3/c1-8-3-11(10(14)4-12(8)18(20)21)15-6-13(19)9-5-16-17(2)7-9/h3-5,7,13,15,19H,6H2,1-2H3/t13-/m1/s1. The molecular formula is C13H15ClN4O3. The first-order valence-corrected chi connectivity index (χ1v) is 6.61. The molecule has 0 aliphatic heterocycles. The summed E-state index contributed by atoms with van der Waals surface area (Å²) in [5.41, 5.74) is 1.70. The molecule has 0 aliphatic rings. The van der Waals surface area contributed by atoms with Crippen molar-refractivity contribution < 1.29 is 10.0 Å². The van der Waals surface area contributed by atoms with Gasteiger partial charge in [-0.15, -0.1) is 0 Å². The van der Waals surface area contributed by atoms with Crippen LogP contribution < -0.4 is 5.32 Å². The Kier molecular flexibility index (Phi) is 4.44. The number of aromatic nitrogens is 2. The highest BCUT2D eigenvalue weighted by atomic mass is 35.5. The number of hydrogen-bond acceptors (Lipinski definition) is 5. The second kappa shape index (κ2) is 6.11. The maximum atomic E-state index is 10.8. The van der Waals surface area contributed by atoms with Gasteiger partial charge in [0.25, 0.3) is 5.69 Å². The van der Waals surface area contributed by atoms with Crippen LogP contribution in [0.4, 0.5) is 11.4 Å². The number of nitro benzene ring substituents is 1. The van der Waals surface area contributed by atoms with Crippen LogP contribution >= 0.6 is 11.6 Å². The molecule has 1 aromatic carbocycles. The fourth-order valence-electron chi connectivity index (χ4n) is 1.94. The van der Waals surface area contributed by atoms with Crippen LogP contribution in [0.1, 0.15) is 17.2 Å². The molecule has 0 spiro atoms. The summed E-state index contributed by atoms with van der Waals surface area (Å²) in [6.07, 6.45) is 2.55. The first-order valence-electron chi connectivity index (χ1n) is 6.23. The molecule has 0 fully saturated rings. The van der Waals surface area contributed by atoms with Crippen molar-refractivity contribution in [2.45, 2.75) is 13.0 Å². The van der Waals surface area contributed by atoms with Crippen LogP contribution in [-0.4, -0.2) is 26.4 Å². The fraction of sp³-hybridized carbons (Fsp3) is 0.308. The molecule has 2 rings (SSSR count). The number of anilines is 1. The molecule has 1 heterocycles. The van der Waals surface area contributed by atoms with Gasteiger partial charge in [0, 0.05) is 37.0 Å². The summed E-state index contributed by atoms with van der Waals surface area (Å²) >= 11 is 6.01. The predicted octanol–water partition coefficient (Wildman–Crippen LogP) is 2.44. The number of nitrogens with zero attached hydrogens (tertiary/aromatic N) is 3. The molecule has 0 aliphatic carbocycles. The lowest BCUT2D eigenvalue weighted by molar-refractivity contribution is -0.385. The van der Waals surface area contributed by atoms with Crippen molar-refractivity contribution in [2.24, 2.45) is 7.05 Å². The van der Waals surface area contributed by atoms with E-state index in [1.54, 1.807) is 37.1 Å². The van der Waals surface area contributed by atoms with Crippen molar-refractivity contribution in [2.75, 3.05) is 11.9 Å². The van der Waals surface area contributed by atoms with Gasteiger partial charge < -0.3 is 10.4 Å². The highest BCUT2D eigenvalue weighted by Crippen LogP contribution is 2.30. The Morgan fingerprint density at radius 2 is 2.29 bits per heavy atom. The van der Waals surface area contributed by atoms with Gasteiger partial charge >= 0.3 is 0 Å². The molecule has 1 atom stereocenters. The molecule has 0 radical (unpaired) electrons. The number of nitrogens with one attached hydrogen (secondary N) is 1. The lowest BCUT2D eigenvalue weighted by Gasteiger charge is -2.13. The second-order valence-electron chi connectivity index (χ2n) is 4.72.